The lowest BCUT2D eigenvalue weighted by atomic mass is 9.88. The summed E-state index contributed by atoms with van der Waals surface area (Å²) in [6.45, 7) is 6.81. The van der Waals surface area contributed by atoms with Gasteiger partial charge in [0.15, 0.2) is 11.5 Å². The van der Waals surface area contributed by atoms with Crippen LogP contribution in [0.5, 0.6) is 11.5 Å². The summed E-state index contributed by atoms with van der Waals surface area (Å²) in [5, 5.41) is 3.45. The first-order valence-corrected chi connectivity index (χ1v) is 7.68. The molecule has 1 fully saturated rings. The van der Waals surface area contributed by atoms with E-state index in [1.807, 2.05) is 6.07 Å². The molecule has 1 saturated heterocycles. The molecule has 21 heavy (non-hydrogen) atoms. The first-order valence-electron chi connectivity index (χ1n) is 7.68. The Morgan fingerprint density at radius 3 is 2.29 bits per heavy atom. The third kappa shape index (κ3) is 3.50. The van der Waals surface area contributed by atoms with Crippen LogP contribution >= 0.6 is 0 Å². The fraction of sp³-hybridized carbons (Fsp3) is 0.647. The molecule has 1 atom stereocenters. The molecule has 1 heterocycles. The quantitative estimate of drug-likeness (QED) is 0.905. The van der Waals surface area contributed by atoms with Gasteiger partial charge in [-0.25, -0.2) is 0 Å². The minimum Gasteiger partial charge on any atom is -0.493 e. The molecule has 2 rings (SSSR count). The van der Waals surface area contributed by atoms with Gasteiger partial charge >= 0.3 is 0 Å². The molecular weight excluding hydrogens is 264 g/mol. The minimum absolute atomic E-state index is 0.286. The van der Waals surface area contributed by atoms with E-state index in [1.54, 1.807) is 14.2 Å². The summed E-state index contributed by atoms with van der Waals surface area (Å²) >= 11 is 0. The van der Waals surface area contributed by atoms with Crippen molar-refractivity contribution >= 4 is 0 Å². The summed E-state index contributed by atoms with van der Waals surface area (Å²) in [5.41, 5.74) is 1.56. The van der Waals surface area contributed by atoms with Gasteiger partial charge in [-0.3, -0.25) is 4.90 Å². The molecule has 1 aliphatic rings. The molecule has 0 bridgehead atoms. The number of hydrogen-bond donors (Lipinski definition) is 1. The Morgan fingerprint density at radius 2 is 1.76 bits per heavy atom. The van der Waals surface area contributed by atoms with Crippen LogP contribution in [0.15, 0.2) is 18.2 Å². The second-order valence-electron chi connectivity index (χ2n) is 6.14. The number of benzene rings is 1. The number of likely N-dealkylation sites (tertiary alicyclic amines) is 1. The molecule has 0 radical (unpaired) electrons. The van der Waals surface area contributed by atoms with E-state index in [9.17, 15) is 0 Å². The predicted molar refractivity (Wildman–Crippen MR) is 86.2 cm³/mol. The lowest BCUT2D eigenvalue weighted by molar-refractivity contribution is 0.117. The van der Waals surface area contributed by atoms with E-state index in [4.69, 9.17) is 9.47 Å². The first-order chi connectivity index (χ1) is 10.0. The number of hydrogen-bond acceptors (Lipinski definition) is 4. The van der Waals surface area contributed by atoms with Crippen LogP contribution < -0.4 is 14.8 Å². The molecular formula is C17H28N2O2. The van der Waals surface area contributed by atoms with E-state index in [-0.39, 0.29) is 5.54 Å². The summed E-state index contributed by atoms with van der Waals surface area (Å²) in [5.74, 6) is 1.59. The van der Waals surface area contributed by atoms with Crippen LogP contribution in [0.25, 0.3) is 0 Å². The smallest absolute Gasteiger partial charge is 0.161 e. The lowest BCUT2D eigenvalue weighted by Crippen LogP contribution is -2.50. The fourth-order valence-corrected chi connectivity index (χ4v) is 2.98. The molecule has 0 aromatic heterocycles. The number of methoxy groups -OCH3 is 2. The summed E-state index contributed by atoms with van der Waals surface area (Å²) in [7, 11) is 5.42. The highest BCUT2D eigenvalue weighted by Gasteiger charge is 2.30. The summed E-state index contributed by atoms with van der Waals surface area (Å²) in [6.07, 6.45) is 2.36. The Morgan fingerprint density at radius 1 is 1.14 bits per heavy atom. The van der Waals surface area contributed by atoms with Gasteiger partial charge in [0.05, 0.1) is 14.2 Å². The average Bonchev–Trinajstić information content (AvgIpc) is 2.54. The van der Waals surface area contributed by atoms with Crippen molar-refractivity contribution in [3.63, 3.8) is 0 Å². The summed E-state index contributed by atoms with van der Waals surface area (Å²) < 4.78 is 10.7. The molecule has 1 N–H and O–H groups in total. The zero-order chi connectivity index (χ0) is 15.5. The molecule has 4 nitrogen and oxygen atoms in total. The lowest BCUT2D eigenvalue weighted by Gasteiger charge is -2.42. The number of nitrogens with one attached hydrogen (secondary N) is 1. The van der Waals surface area contributed by atoms with Crippen molar-refractivity contribution in [2.24, 2.45) is 0 Å². The molecule has 1 unspecified atom stereocenters. The molecule has 1 aromatic carbocycles. The second kappa shape index (κ2) is 6.67. The molecule has 0 amide bonds. The van der Waals surface area contributed by atoms with Gasteiger partial charge in [-0.05, 0) is 51.4 Å². The van der Waals surface area contributed by atoms with E-state index in [1.165, 1.54) is 18.4 Å². The Bertz CT molecular complexity index is 468. The van der Waals surface area contributed by atoms with E-state index in [0.29, 0.717) is 6.04 Å². The van der Waals surface area contributed by atoms with Crippen molar-refractivity contribution in [3.05, 3.63) is 23.8 Å². The monoisotopic (exact) mass is 292 g/mol. The number of rotatable bonds is 5. The van der Waals surface area contributed by atoms with Crippen molar-refractivity contribution in [2.75, 3.05) is 34.4 Å². The van der Waals surface area contributed by atoms with E-state index >= 15 is 0 Å². The molecule has 4 heteroatoms. The van der Waals surface area contributed by atoms with Gasteiger partial charge in [0, 0.05) is 24.7 Å². The third-order valence-electron chi connectivity index (χ3n) is 4.94. The predicted octanol–water partition coefficient (Wildman–Crippen LogP) is 2.84. The van der Waals surface area contributed by atoms with Crippen molar-refractivity contribution in [1.29, 1.82) is 0 Å². The largest absolute Gasteiger partial charge is 0.493 e. The zero-order valence-electron chi connectivity index (χ0n) is 13.9. The summed E-state index contributed by atoms with van der Waals surface area (Å²) in [4.78, 5) is 2.54. The Labute approximate surface area is 128 Å². The van der Waals surface area contributed by atoms with E-state index < -0.39 is 0 Å². The van der Waals surface area contributed by atoms with Crippen molar-refractivity contribution in [3.8, 4) is 11.5 Å². The van der Waals surface area contributed by atoms with Crippen LogP contribution in [0.2, 0.25) is 0 Å². The molecule has 0 saturated carbocycles. The molecule has 0 aliphatic carbocycles. The highest BCUT2D eigenvalue weighted by atomic mass is 16.5. The van der Waals surface area contributed by atoms with Crippen molar-refractivity contribution in [2.45, 2.75) is 38.3 Å². The zero-order valence-corrected chi connectivity index (χ0v) is 13.9. The number of piperidine rings is 1. The minimum atomic E-state index is 0.286. The molecule has 1 aromatic rings. The maximum Gasteiger partial charge on any atom is 0.161 e. The van der Waals surface area contributed by atoms with Gasteiger partial charge in [-0.15, -0.1) is 0 Å². The maximum atomic E-state index is 5.41. The van der Waals surface area contributed by atoms with E-state index in [0.717, 1.165) is 24.6 Å². The Kier molecular flexibility index (Phi) is 5.12. The van der Waals surface area contributed by atoms with E-state index in [2.05, 4.69) is 43.2 Å². The van der Waals surface area contributed by atoms with Crippen LogP contribution in [0, 0.1) is 0 Å². The SMILES string of the molecule is CNC1(C)CCN(C(C)c2ccc(OC)c(OC)c2)CC1. The van der Waals surface area contributed by atoms with Crippen molar-refractivity contribution in [1.82, 2.24) is 10.2 Å². The van der Waals surface area contributed by atoms with Gasteiger partial charge in [-0.2, -0.15) is 0 Å². The van der Waals surface area contributed by atoms with Gasteiger partial charge in [0.1, 0.15) is 0 Å². The van der Waals surface area contributed by atoms with Crippen LogP contribution in [0.1, 0.15) is 38.3 Å². The van der Waals surface area contributed by atoms with Gasteiger partial charge in [0.25, 0.3) is 0 Å². The van der Waals surface area contributed by atoms with Gasteiger partial charge in [-0.1, -0.05) is 6.07 Å². The maximum absolute atomic E-state index is 5.41. The third-order valence-corrected chi connectivity index (χ3v) is 4.94. The van der Waals surface area contributed by atoms with Gasteiger partial charge in [0.2, 0.25) is 0 Å². The van der Waals surface area contributed by atoms with Crippen LogP contribution in [0.4, 0.5) is 0 Å². The number of nitrogens with zero attached hydrogens (tertiary/aromatic N) is 1. The standard InChI is InChI=1S/C17H28N2O2/c1-13(19-10-8-17(2,18-3)9-11-19)14-6-7-15(20-4)16(12-14)21-5/h6-7,12-13,18H,8-11H2,1-5H3. The number of ether oxygens (including phenoxy) is 2. The topological polar surface area (TPSA) is 33.7 Å². The van der Waals surface area contributed by atoms with Crippen molar-refractivity contribution < 1.29 is 9.47 Å². The summed E-state index contributed by atoms with van der Waals surface area (Å²) in [6, 6.07) is 6.62. The normalized spacial score (nSPS) is 20.0. The highest BCUT2D eigenvalue weighted by molar-refractivity contribution is 5.43. The molecule has 0 spiro atoms. The highest BCUT2D eigenvalue weighted by Crippen LogP contribution is 2.33. The second-order valence-corrected chi connectivity index (χ2v) is 6.14. The van der Waals surface area contributed by atoms with Crippen LogP contribution in [0.3, 0.4) is 0 Å². The Hall–Kier alpha value is -1.26. The fourth-order valence-electron chi connectivity index (χ4n) is 2.98. The van der Waals surface area contributed by atoms with Crippen LogP contribution in [-0.4, -0.2) is 44.8 Å². The Balaban J connectivity index is 2.09. The molecule has 1 aliphatic heterocycles. The average molecular weight is 292 g/mol. The first kappa shape index (κ1) is 16.1. The van der Waals surface area contributed by atoms with Crippen LogP contribution in [-0.2, 0) is 0 Å². The van der Waals surface area contributed by atoms with Gasteiger partial charge < -0.3 is 14.8 Å². The molecule has 118 valence electrons.